The molecular formula is C22H27N3O7S. The van der Waals surface area contributed by atoms with Crippen LogP contribution in [0.2, 0.25) is 0 Å². The minimum absolute atomic E-state index is 0.0324. The smallest absolute Gasteiger partial charge is 0.297 e. The minimum atomic E-state index is -4.03. The molecule has 1 fully saturated rings. The van der Waals surface area contributed by atoms with Crippen LogP contribution in [-0.2, 0) is 39.9 Å². The van der Waals surface area contributed by atoms with Gasteiger partial charge in [0.25, 0.3) is 10.1 Å². The zero-order valence-electron chi connectivity index (χ0n) is 18.6. The summed E-state index contributed by atoms with van der Waals surface area (Å²) in [5.74, 6) is 0. The zero-order valence-corrected chi connectivity index (χ0v) is 19.4. The monoisotopic (exact) mass is 477 g/mol. The second-order valence-corrected chi connectivity index (χ2v) is 9.10. The minimum Gasteiger partial charge on any atom is -0.376 e. The molecule has 33 heavy (non-hydrogen) atoms. The summed E-state index contributed by atoms with van der Waals surface area (Å²) in [6, 6.07) is 14.9. The van der Waals surface area contributed by atoms with E-state index in [0.717, 1.165) is 11.1 Å². The van der Waals surface area contributed by atoms with Crippen LogP contribution in [0.5, 0.6) is 0 Å². The first-order chi connectivity index (χ1) is 15.9. The Balaban J connectivity index is 1.80. The molecule has 0 N–H and O–H groups in total. The molecule has 1 heterocycles. The van der Waals surface area contributed by atoms with Crippen molar-refractivity contribution < 1.29 is 31.5 Å². The average molecular weight is 478 g/mol. The van der Waals surface area contributed by atoms with Crippen LogP contribution >= 0.6 is 0 Å². The average Bonchev–Trinajstić information content (AvgIpc) is 2.83. The summed E-state index contributed by atoms with van der Waals surface area (Å²) in [7, 11) is -1.19. The Labute approximate surface area is 193 Å². The topological polar surface area (TPSA) is 129 Å². The fourth-order valence-corrected chi connectivity index (χ4v) is 4.49. The Morgan fingerprint density at radius 3 is 2.33 bits per heavy atom. The van der Waals surface area contributed by atoms with Gasteiger partial charge < -0.3 is 18.9 Å². The van der Waals surface area contributed by atoms with Crippen molar-refractivity contribution in [1.82, 2.24) is 0 Å². The highest BCUT2D eigenvalue weighted by molar-refractivity contribution is 7.86. The van der Waals surface area contributed by atoms with E-state index in [1.54, 1.807) is 12.1 Å². The van der Waals surface area contributed by atoms with Crippen molar-refractivity contribution in [2.75, 3.05) is 20.8 Å². The van der Waals surface area contributed by atoms with Gasteiger partial charge in [-0.1, -0.05) is 53.1 Å². The fraction of sp³-hybridized carbons (Fsp3) is 0.455. The van der Waals surface area contributed by atoms with Crippen LogP contribution in [0, 0.1) is 6.92 Å². The summed E-state index contributed by atoms with van der Waals surface area (Å²) >= 11 is 0. The predicted octanol–water partition coefficient (Wildman–Crippen LogP) is 3.35. The summed E-state index contributed by atoms with van der Waals surface area (Å²) in [6.45, 7) is 1.73. The largest absolute Gasteiger partial charge is 0.376 e. The van der Waals surface area contributed by atoms with E-state index < -0.39 is 40.8 Å². The second kappa shape index (κ2) is 11.6. The molecule has 0 amide bonds. The summed E-state index contributed by atoms with van der Waals surface area (Å²) in [5.41, 5.74) is 10.9. The predicted molar refractivity (Wildman–Crippen MR) is 119 cm³/mol. The molecule has 0 bridgehead atoms. The highest BCUT2D eigenvalue weighted by Gasteiger charge is 2.47. The lowest BCUT2D eigenvalue weighted by molar-refractivity contribution is -0.270. The van der Waals surface area contributed by atoms with E-state index in [9.17, 15) is 8.42 Å². The Hall–Kier alpha value is -2.50. The van der Waals surface area contributed by atoms with Gasteiger partial charge in [0, 0.05) is 19.1 Å². The maximum absolute atomic E-state index is 12.6. The number of aryl methyl sites for hydroxylation is 1. The van der Waals surface area contributed by atoms with Crippen molar-refractivity contribution in [3.8, 4) is 0 Å². The van der Waals surface area contributed by atoms with Gasteiger partial charge in [-0.05, 0) is 30.2 Å². The molecule has 10 nitrogen and oxygen atoms in total. The summed E-state index contributed by atoms with van der Waals surface area (Å²) in [4.78, 5) is 2.92. The third kappa shape index (κ3) is 6.30. The molecule has 1 aliphatic rings. The molecule has 0 saturated carbocycles. The van der Waals surface area contributed by atoms with Gasteiger partial charge in [-0.15, -0.1) is 0 Å². The molecule has 0 unspecified atom stereocenters. The molecule has 2 aromatic rings. The zero-order chi connectivity index (χ0) is 23.8. The van der Waals surface area contributed by atoms with Gasteiger partial charge in [-0.2, -0.15) is 8.42 Å². The van der Waals surface area contributed by atoms with Crippen LogP contribution in [0.3, 0.4) is 0 Å². The van der Waals surface area contributed by atoms with E-state index in [1.165, 1.54) is 26.4 Å². The molecule has 1 aliphatic heterocycles. The van der Waals surface area contributed by atoms with Crippen LogP contribution in [0.1, 0.15) is 11.1 Å². The molecule has 5 atom stereocenters. The maximum Gasteiger partial charge on any atom is 0.297 e. The molecule has 3 rings (SSSR count). The molecule has 0 aromatic heterocycles. The third-order valence-corrected chi connectivity index (χ3v) is 6.58. The molecule has 178 valence electrons. The van der Waals surface area contributed by atoms with E-state index in [1.807, 2.05) is 37.3 Å². The van der Waals surface area contributed by atoms with E-state index in [0.29, 0.717) is 0 Å². The number of rotatable bonds is 10. The highest BCUT2D eigenvalue weighted by Crippen LogP contribution is 2.30. The van der Waals surface area contributed by atoms with Gasteiger partial charge in [-0.3, -0.25) is 4.18 Å². The lowest BCUT2D eigenvalue weighted by atomic mass is 9.97. The van der Waals surface area contributed by atoms with Crippen molar-refractivity contribution in [3.05, 3.63) is 76.2 Å². The summed E-state index contributed by atoms with van der Waals surface area (Å²) < 4.78 is 53.5. The van der Waals surface area contributed by atoms with Crippen molar-refractivity contribution in [2.45, 2.75) is 49.1 Å². The first kappa shape index (κ1) is 25.1. The van der Waals surface area contributed by atoms with Crippen molar-refractivity contribution >= 4 is 10.1 Å². The third-order valence-electron chi connectivity index (χ3n) is 5.29. The van der Waals surface area contributed by atoms with Gasteiger partial charge >= 0.3 is 0 Å². The lowest BCUT2D eigenvalue weighted by Gasteiger charge is -2.43. The Morgan fingerprint density at radius 1 is 1.03 bits per heavy atom. The first-order valence-electron chi connectivity index (χ1n) is 10.3. The van der Waals surface area contributed by atoms with Gasteiger partial charge in [0.15, 0.2) is 6.29 Å². The van der Waals surface area contributed by atoms with Crippen LogP contribution < -0.4 is 0 Å². The van der Waals surface area contributed by atoms with Gasteiger partial charge in [-0.25, -0.2) is 0 Å². The quantitative estimate of drug-likeness (QED) is 0.222. The number of azide groups is 1. The van der Waals surface area contributed by atoms with Crippen molar-refractivity contribution in [3.63, 3.8) is 0 Å². The number of nitrogens with zero attached hydrogens (tertiary/aromatic N) is 3. The maximum atomic E-state index is 12.6. The number of hydrogen-bond donors (Lipinski definition) is 0. The molecule has 0 spiro atoms. The first-order valence-corrected chi connectivity index (χ1v) is 11.7. The number of benzene rings is 2. The standard InChI is InChI=1S/C22H27N3O7S/c1-15-9-11-17(12-10-15)33(26,27)31-14-18-20(28-2)21(19(24-25-23)22(29-3)32-18)30-13-16-7-5-4-6-8-16/h4-12,18-22H,13-14H2,1-3H3/t18-,19-,20-,21-,22+/m1/s1. The van der Waals surface area contributed by atoms with Crippen molar-refractivity contribution in [1.29, 1.82) is 0 Å². The lowest BCUT2D eigenvalue weighted by Crippen LogP contribution is -2.60. The van der Waals surface area contributed by atoms with Crippen LogP contribution in [-0.4, -0.2) is 59.9 Å². The van der Waals surface area contributed by atoms with Crippen LogP contribution in [0.15, 0.2) is 64.6 Å². The molecule has 1 saturated heterocycles. The molecular weight excluding hydrogens is 450 g/mol. The van der Waals surface area contributed by atoms with Gasteiger partial charge in [0.2, 0.25) is 0 Å². The summed E-state index contributed by atoms with van der Waals surface area (Å²) in [6.07, 6.45) is -3.42. The van der Waals surface area contributed by atoms with E-state index in [-0.39, 0.29) is 18.1 Å². The Kier molecular flexibility index (Phi) is 8.81. The number of ether oxygens (including phenoxy) is 4. The highest BCUT2D eigenvalue weighted by atomic mass is 32.2. The van der Waals surface area contributed by atoms with Crippen LogP contribution in [0.4, 0.5) is 0 Å². The Morgan fingerprint density at radius 2 is 1.73 bits per heavy atom. The van der Waals surface area contributed by atoms with E-state index in [4.69, 9.17) is 28.7 Å². The van der Waals surface area contributed by atoms with Gasteiger partial charge in [0.1, 0.15) is 24.4 Å². The fourth-order valence-electron chi connectivity index (χ4n) is 3.58. The number of methoxy groups -OCH3 is 2. The second-order valence-electron chi connectivity index (χ2n) is 7.49. The van der Waals surface area contributed by atoms with E-state index >= 15 is 0 Å². The number of hydrogen-bond acceptors (Lipinski definition) is 8. The van der Waals surface area contributed by atoms with Crippen LogP contribution in [0.25, 0.3) is 10.4 Å². The van der Waals surface area contributed by atoms with E-state index in [2.05, 4.69) is 10.0 Å². The normalized spacial score (nSPS) is 25.4. The van der Waals surface area contributed by atoms with Crippen molar-refractivity contribution in [2.24, 2.45) is 5.11 Å². The molecule has 11 heteroatoms. The Bertz CT molecular complexity index is 1040. The SMILES string of the molecule is CO[C@H]1O[C@H](COS(=O)(=O)c2ccc(C)cc2)[C@@H](OC)[C@H](OCc2ccccc2)[C@H]1N=[N+]=[N-]. The molecule has 2 aromatic carbocycles. The molecule has 0 aliphatic carbocycles. The summed E-state index contributed by atoms with van der Waals surface area (Å²) in [5, 5.41) is 3.79. The van der Waals surface area contributed by atoms with Gasteiger partial charge in [0.05, 0.1) is 18.1 Å². The molecule has 0 radical (unpaired) electrons.